The molecule has 0 fully saturated rings. The first-order valence-corrected chi connectivity index (χ1v) is 9.72. The Bertz CT molecular complexity index is 932. The normalized spacial score (nSPS) is 10.7. The monoisotopic (exact) mass is 377 g/mol. The first kappa shape index (κ1) is 19.7. The predicted octanol–water partition coefficient (Wildman–Crippen LogP) is 4.77. The maximum absolute atomic E-state index is 12.3. The van der Waals surface area contributed by atoms with Crippen LogP contribution in [0.25, 0.3) is 5.69 Å². The molecule has 0 saturated heterocycles. The molecule has 0 unspecified atom stereocenters. The second-order valence-corrected chi connectivity index (χ2v) is 6.94. The summed E-state index contributed by atoms with van der Waals surface area (Å²) < 4.78 is 7.38. The molecule has 2 aromatic carbocycles. The van der Waals surface area contributed by atoms with Gasteiger partial charge in [0.05, 0.1) is 17.6 Å². The summed E-state index contributed by atoms with van der Waals surface area (Å²) in [5.74, 6) is 0.509. The first-order chi connectivity index (χ1) is 13.6. The van der Waals surface area contributed by atoms with Gasteiger partial charge in [0.15, 0.2) is 5.75 Å². The zero-order chi connectivity index (χ0) is 19.9. The lowest BCUT2D eigenvalue weighted by atomic mass is 10.0. The van der Waals surface area contributed by atoms with Crippen LogP contribution < -0.4 is 10.1 Å². The van der Waals surface area contributed by atoms with Crippen molar-refractivity contribution in [2.24, 2.45) is 0 Å². The molecule has 0 atom stereocenters. The van der Waals surface area contributed by atoms with Crippen LogP contribution in [0.1, 0.15) is 35.7 Å². The second kappa shape index (κ2) is 9.22. The topological polar surface area (TPSA) is 56.1 Å². The minimum Gasteiger partial charge on any atom is -0.407 e. The van der Waals surface area contributed by atoms with E-state index < -0.39 is 6.09 Å². The highest BCUT2D eigenvalue weighted by molar-refractivity contribution is 5.70. The average molecular weight is 377 g/mol. The Labute approximate surface area is 166 Å². The summed E-state index contributed by atoms with van der Waals surface area (Å²) in [5, 5.41) is 7.25. The second-order valence-electron chi connectivity index (χ2n) is 6.94. The molecule has 0 spiro atoms. The first-order valence-electron chi connectivity index (χ1n) is 9.72. The van der Waals surface area contributed by atoms with E-state index in [0.29, 0.717) is 12.3 Å². The van der Waals surface area contributed by atoms with Gasteiger partial charge in [0.25, 0.3) is 0 Å². The highest BCUT2D eigenvalue weighted by atomic mass is 16.6. The fraction of sp³-hybridized carbons (Fsp3) is 0.304. The Morgan fingerprint density at radius 1 is 1.07 bits per heavy atom. The molecule has 1 heterocycles. The van der Waals surface area contributed by atoms with Crippen molar-refractivity contribution in [3.8, 4) is 11.4 Å². The van der Waals surface area contributed by atoms with Crippen molar-refractivity contribution in [1.82, 2.24) is 15.1 Å². The number of hydrogen-bond acceptors (Lipinski definition) is 3. The molecule has 0 aliphatic rings. The summed E-state index contributed by atoms with van der Waals surface area (Å²) in [5.41, 5.74) is 5.59. The van der Waals surface area contributed by atoms with Crippen molar-refractivity contribution in [1.29, 1.82) is 0 Å². The SMILES string of the molecule is CCCc1c(OC(=O)NCCc2ccc(C)c(C)c2)cnn1-c1ccccc1. The minimum absolute atomic E-state index is 0.450. The van der Waals surface area contributed by atoms with E-state index in [4.69, 9.17) is 4.74 Å². The van der Waals surface area contributed by atoms with E-state index in [-0.39, 0.29) is 0 Å². The number of nitrogens with one attached hydrogen (secondary N) is 1. The van der Waals surface area contributed by atoms with Crippen molar-refractivity contribution in [2.45, 2.75) is 40.0 Å². The average Bonchev–Trinajstić information content (AvgIpc) is 3.08. The van der Waals surface area contributed by atoms with Gasteiger partial charge in [-0.3, -0.25) is 0 Å². The standard InChI is InChI=1S/C23H27N3O2/c1-4-8-21-22(16-25-26(21)20-9-6-5-7-10-20)28-23(27)24-14-13-19-12-11-17(2)18(3)15-19/h5-7,9-12,15-16H,4,8,13-14H2,1-3H3,(H,24,27). The molecule has 28 heavy (non-hydrogen) atoms. The Morgan fingerprint density at radius 2 is 1.86 bits per heavy atom. The molecule has 1 aromatic heterocycles. The van der Waals surface area contributed by atoms with Gasteiger partial charge in [0, 0.05) is 6.54 Å². The van der Waals surface area contributed by atoms with E-state index in [2.05, 4.69) is 49.4 Å². The van der Waals surface area contributed by atoms with Gasteiger partial charge in [-0.15, -0.1) is 0 Å². The van der Waals surface area contributed by atoms with Gasteiger partial charge in [-0.05, 0) is 55.5 Å². The summed E-state index contributed by atoms with van der Waals surface area (Å²) in [6.45, 7) is 6.81. The number of carbonyl (C=O) groups excluding carboxylic acids is 1. The maximum Gasteiger partial charge on any atom is 0.412 e. The van der Waals surface area contributed by atoms with Gasteiger partial charge in [-0.25, -0.2) is 9.48 Å². The highest BCUT2D eigenvalue weighted by Crippen LogP contribution is 2.23. The van der Waals surface area contributed by atoms with Gasteiger partial charge in [-0.2, -0.15) is 5.10 Å². The summed E-state index contributed by atoms with van der Waals surface area (Å²) in [7, 11) is 0. The zero-order valence-corrected chi connectivity index (χ0v) is 16.7. The lowest BCUT2D eigenvalue weighted by Crippen LogP contribution is -2.29. The molecule has 0 radical (unpaired) electrons. The lowest BCUT2D eigenvalue weighted by molar-refractivity contribution is 0.200. The summed E-state index contributed by atoms with van der Waals surface area (Å²) in [6.07, 6.45) is 3.64. The largest absolute Gasteiger partial charge is 0.412 e. The molecule has 1 amide bonds. The number of ether oxygens (including phenoxy) is 1. The van der Waals surface area contributed by atoms with Gasteiger partial charge in [0.2, 0.25) is 0 Å². The van der Waals surface area contributed by atoms with Crippen LogP contribution >= 0.6 is 0 Å². The summed E-state index contributed by atoms with van der Waals surface area (Å²) in [4.78, 5) is 12.3. The van der Waals surface area contributed by atoms with Gasteiger partial charge >= 0.3 is 6.09 Å². The minimum atomic E-state index is -0.450. The lowest BCUT2D eigenvalue weighted by Gasteiger charge is -2.10. The quantitative estimate of drug-likeness (QED) is 0.645. The Balaban J connectivity index is 1.62. The van der Waals surface area contributed by atoms with Crippen LogP contribution in [0.5, 0.6) is 5.75 Å². The van der Waals surface area contributed by atoms with Crippen molar-refractivity contribution in [3.63, 3.8) is 0 Å². The zero-order valence-electron chi connectivity index (χ0n) is 16.7. The predicted molar refractivity (Wildman–Crippen MR) is 111 cm³/mol. The highest BCUT2D eigenvalue weighted by Gasteiger charge is 2.15. The van der Waals surface area contributed by atoms with Crippen molar-refractivity contribution >= 4 is 6.09 Å². The molecule has 146 valence electrons. The van der Waals surface area contributed by atoms with E-state index in [1.807, 2.05) is 35.0 Å². The fourth-order valence-corrected chi connectivity index (χ4v) is 3.11. The molecule has 5 heteroatoms. The van der Waals surface area contributed by atoms with Crippen LogP contribution in [0.3, 0.4) is 0 Å². The van der Waals surface area contributed by atoms with Crippen LogP contribution in [0, 0.1) is 13.8 Å². The molecule has 3 rings (SSSR count). The van der Waals surface area contributed by atoms with E-state index in [1.165, 1.54) is 16.7 Å². The fourth-order valence-electron chi connectivity index (χ4n) is 3.11. The van der Waals surface area contributed by atoms with Crippen LogP contribution in [0.4, 0.5) is 4.79 Å². The number of carbonyl (C=O) groups is 1. The summed E-state index contributed by atoms with van der Waals surface area (Å²) in [6, 6.07) is 16.2. The maximum atomic E-state index is 12.3. The number of amides is 1. The number of benzene rings is 2. The molecule has 1 N–H and O–H groups in total. The molecule has 5 nitrogen and oxygen atoms in total. The van der Waals surface area contributed by atoms with Gasteiger partial charge < -0.3 is 10.1 Å². The van der Waals surface area contributed by atoms with Crippen LogP contribution in [-0.2, 0) is 12.8 Å². The van der Waals surface area contributed by atoms with E-state index in [0.717, 1.165) is 30.6 Å². The Kier molecular flexibility index (Phi) is 6.48. The van der Waals surface area contributed by atoms with Gasteiger partial charge in [0.1, 0.15) is 0 Å². The van der Waals surface area contributed by atoms with E-state index >= 15 is 0 Å². The number of aryl methyl sites for hydroxylation is 2. The Hall–Kier alpha value is -3.08. The van der Waals surface area contributed by atoms with E-state index in [9.17, 15) is 4.79 Å². The number of aromatic nitrogens is 2. The molecule has 0 aliphatic heterocycles. The number of hydrogen-bond donors (Lipinski definition) is 1. The molecular formula is C23H27N3O2. The van der Waals surface area contributed by atoms with Crippen LogP contribution in [0.2, 0.25) is 0 Å². The number of rotatable bonds is 7. The molecule has 3 aromatic rings. The number of para-hydroxylation sites is 1. The molecule has 0 aliphatic carbocycles. The molecular weight excluding hydrogens is 350 g/mol. The van der Waals surface area contributed by atoms with Gasteiger partial charge in [-0.1, -0.05) is 49.7 Å². The molecule has 0 bridgehead atoms. The molecule has 0 saturated carbocycles. The van der Waals surface area contributed by atoms with Crippen molar-refractivity contribution < 1.29 is 9.53 Å². The Morgan fingerprint density at radius 3 is 2.57 bits per heavy atom. The van der Waals surface area contributed by atoms with Crippen molar-refractivity contribution in [2.75, 3.05) is 6.54 Å². The summed E-state index contributed by atoms with van der Waals surface area (Å²) >= 11 is 0. The third kappa shape index (κ3) is 4.80. The third-order valence-electron chi connectivity index (χ3n) is 4.78. The smallest absolute Gasteiger partial charge is 0.407 e. The number of nitrogens with zero attached hydrogens (tertiary/aromatic N) is 2. The van der Waals surface area contributed by atoms with E-state index in [1.54, 1.807) is 6.20 Å². The van der Waals surface area contributed by atoms with Crippen LogP contribution in [0.15, 0.2) is 54.7 Å². The van der Waals surface area contributed by atoms with Crippen molar-refractivity contribution in [3.05, 3.63) is 77.1 Å². The van der Waals surface area contributed by atoms with Crippen LogP contribution in [-0.4, -0.2) is 22.4 Å². The third-order valence-corrected chi connectivity index (χ3v) is 4.78.